The minimum absolute atomic E-state index is 0. The Bertz CT molecular complexity index is 705. The summed E-state index contributed by atoms with van der Waals surface area (Å²) in [6.45, 7) is 3.67. The van der Waals surface area contributed by atoms with Gasteiger partial charge in [0.1, 0.15) is 0 Å². The van der Waals surface area contributed by atoms with Crippen molar-refractivity contribution in [3.05, 3.63) is 54.1 Å². The standard InChI is InChI=1S/C19H26N4OS.2ClH/c1-19(8-5-9-25-19)13-21-18(24)17(20)10-16-12-23(14-22-16)11-15-6-3-2-4-7-15;;/h2-4,6-7,12,14,17H,5,8-11,13,20H2,1H3,(H,21,24);2*1H/t17-,19?;;/m0../s1. The van der Waals surface area contributed by atoms with E-state index in [9.17, 15) is 4.79 Å². The Morgan fingerprint density at radius 2 is 2.11 bits per heavy atom. The van der Waals surface area contributed by atoms with E-state index in [2.05, 4.69) is 29.4 Å². The molecular formula is C19H28Cl2N4OS. The SMILES string of the molecule is CC1(CNC(=O)[C@@H](N)Cc2cn(Cc3ccccc3)cn2)CCCS1.Cl.Cl. The zero-order valence-corrected chi connectivity index (χ0v) is 17.9. The summed E-state index contributed by atoms with van der Waals surface area (Å²) in [5.41, 5.74) is 8.14. The molecule has 0 radical (unpaired) electrons. The van der Waals surface area contributed by atoms with Gasteiger partial charge in [-0.2, -0.15) is 11.8 Å². The summed E-state index contributed by atoms with van der Waals surface area (Å²) in [5.74, 6) is 1.09. The van der Waals surface area contributed by atoms with E-state index in [1.807, 2.05) is 40.7 Å². The highest BCUT2D eigenvalue weighted by molar-refractivity contribution is 8.00. The van der Waals surface area contributed by atoms with Gasteiger partial charge >= 0.3 is 0 Å². The van der Waals surface area contributed by atoms with Gasteiger partial charge in [-0.1, -0.05) is 30.3 Å². The van der Waals surface area contributed by atoms with Crippen LogP contribution >= 0.6 is 36.6 Å². The average molecular weight is 431 g/mol. The highest BCUT2D eigenvalue weighted by Gasteiger charge is 2.30. The molecule has 1 fully saturated rings. The smallest absolute Gasteiger partial charge is 0.237 e. The highest BCUT2D eigenvalue weighted by atomic mass is 35.5. The number of nitrogens with one attached hydrogen (secondary N) is 1. The molecule has 3 N–H and O–H groups in total. The molecule has 2 aromatic rings. The van der Waals surface area contributed by atoms with Crippen molar-refractivity contribution in [1.82, 2.24) is 14.9 Å². The van der Waals surface area contributed by atoms with Crippen LogP contribution in [0.1, 0.15) is 31.0 Å². The molecule has 1 aromatic heterocycles. The average Bonchev–Trinajstić information content (AvgIpc) is 3.23. The molecule has 0 spiro atoms. The first kappa shape index (κ1) is 23.8. The third kappa shape index (κ3) is 7.03. The lowest BCUT2D eigenvalue weighted by Crippen LogP contribution is -2.46. The number of hydrogen-bond donors (Lipinski definition) is 2. The zero-order chi connectivity index (χ0) is 17.7. The Kier molecular flexibility index (Phi) is 9.67. The van der Waals surface area contributed by atoms with Crippen molar-refractivity contribution < 1.29 is 4.79 Å². The molecule has 0 saturated carbocycles. The lowest BCUT2D eigenvalue weighted by molar-refractivity contribution is -0.122. The molecule has 1 aliphatic heterocycles. The van der Waals surface area contributed by atoms with E-state index < -0.39 is 6.04 Å². The Hall–Kier alpha value is -1.21. The molecule has 1 aliphatic rings. The second kappa shape index (κ2) is 11.0. The predicted octanol–water partition coefficient (Wildman–Crippen LogP) is 3.05. The van der Waals surface area contributed by atoms with Crippen LogP contribution < -0.4 is 11.1 Å². The number of thioether (sulfide) groups is 1. The first-order valence-corrected chi connectivity index (χ1v) is 9.74. The van der Waals surface area contributed by atoms with Gasteiger partial charge in [0, 0.05) is 30.5 Å². The van der Waals surface area contributed by atoms with Crippen LogP contribution in [0, 0.1) is 0 Å². The third-order valence-corrected chi connectivity index (χ3v) is 6.14. The fourth-order valence-electron chi connectivity index (χ4n) is 3.09. The molecule has 2 heterocycles. The maximum Gasteiger partial charge on any atom is 0.237 e. The topological polar surface area (TPSA) is 72.9 Å². The molecule has 1 amide bonds. The number of carbonyl (C=O) groups is 1. The molecule has 1 saturated heterocycles. The van der Waals surface area contributed by atoms with Crippen molar-refractivity contribution in [2.24, 2.45) is 5.73 Å². The molecule has 0 bridgehead atoms. The van der Waals surface area contributed by atoms with Crippen LogP contribution in [-0.4, -0.2) is 38.5 Å². The van der Waals surface area contributed by atoms with Gasteiger partial charge in [-0.05, 0) is 31.1 Å². The molecule has 0 aliphatic carbocycles. The Labute approximate surface area is 177 Å². The quantitative estimate of drug-likeness (QED) is 0.707. The Balaban J connectivity index is 0.00000182. The van der Waals surface area contributed by atoms with Crippen molar-refractivity contribution in [1.29, 1.82) is 0 Å². The number of nitrogens with two attached hydrogens (primary N) is 1. The van der Waals surface area contributed by atoms with E-state index in [1.54, 1.807) is 6.33 Å². The number of carbonyl (C=O) groups excluding carboxylic acids is 1. The molecule has 150 valence electrons. The molecular weight excluding hydrogens is 403 g/mol. The lowest BCUT2D eigenvalue weighted by Gasteiger charge is -2.23. The number of imidazole rings is 1. The summed E-state index contributed by atoms with van der Waals surface area (Å²) in [7, 11) is 0. The second-order valence-corrected chi connectivity index (χ2v) is 8.64. The summed E-state index contributed by atoms with van der Waals surface area (Å²) in [4.78, 5) is 16.6. The van der Waals surface area contributed by atoms with Gasteiger partial charge in [0.2, 0.25) is 5.91 Å². The zero-order valence-electron chi connectivity index (χ0n) is 15.5. The summed E-state index contributed by atoms with van der Waals surface area (Å²) >= 11 is 1.94. The molecule has 1 aromatic carbocycles. The van der Waals surface area contributed by atoms with E-state index in [0.29, 0.717) is 13.0 Å². The number of amides is 1. The summed E-state index contributed by atoms with van der Waals surface area (Å²) in [5, 5.41) is 3.01. The van der Waals surface area contributed by atoms with Crippen molar-refractivity contribution in [3.63, 3.8) is 0 Å². The first-order chi connectivity index (χ1) is 12.0. The maximum absolute atomic E-state index is 12.3. The van der Waals surface area contributed by atoms with Crippen LogP contribution in [0.4, 0.5) is 0 Å². The van der Waals surface area contributed by atoms with E-state index in [-0.39, 0.29) is 35.5 Å². The van der Waals surface area contributed by atoms with E-state index in [1.165, 1.54) is 17.7 Å². The Morgan fingerprint density at radius 3 is 2.78 bits per heavy atom. The van der Waals surface area contributed by atoms with Crippen LogP contribution in [0.2, 0.25) is 0 Å². The van der Waals surface area contributed by atoms with Gasteiger partial charge in [0.05, 0.1) is 18.1 Å². The number of aromatic nitrogens is 2. The monoisotopic (exact) mass is 430 g/mol. The van der Waals surface area contributed by atoms with Crippen LogP contribution in [0.5, 0.6) is 0 Å². The highest BCUT2D eigenvalue weighted by Crippen LogP contribution is 2.36. The fraction of sp³-hybridized carbons (Fsp3) is 0.474. The number of hydrogen-bond acceptors (Lipinski definition) is 4. The molecule has 1 unspecified atom stereocenters. The number of nitrogens with zero attached hydrogens (tertiary/aromatic N) is 2. The summed E-state index contributed by atoms with van der Waals surface area (Å²) in [6.07, 6.45) is 6.59. The summed E-state index contributed by atoms with van der Waals surface area (Å²) < 4.78 is 2.18. The third-order valence-electron chi connectivity index (χ3n) is 4.60. The Morgan fingerprint density at radius 1 is 1.37 bits per heavy atom. The minimum Gasteiger partial charge on any atom is -0.353 e. The van der Waals surface area contributed by atoms with Crippen molar-refractivity contribution in [2.45, 2.75) is 43.5 Å². The largest absolute Gasteiger partial charge is 0.353 e. The van der Waals surface area contributed by atoms with Crippen LogP contribution in [0.3, 0.4) is 0 Å². The molecule has 2 atom stereocenters. The molecule has 5 nitrogen and oxygen atoms in total. The van der Waals surface area contributed by atoms with Gasteiger partial charge in [-0.25, -0.2) is 4.98 Å². The molecule has 3 rings (SSSR count). The normalized spacial score (nSPS) is 19.6. The van der Waals surface area contributed by atoms with E-state index >= 15 is 0 Å². The maximum atomic E-state index is 12.3. The lowest BCUT2D eigenvalue weighted by atomic mass is 10.1. The van der Waals surface area contributed by atoms with Gasteiger partial charge in [0.25, 0.3) is 0 Å². The van der Waals surface area contributed by atoms with Crippen molar-refractivity contribution in [3.8, 4) is 0 Å². The van der Waals surface area contributed by atoms with Gasteiger partial charge in [-0.15, -0.1) is 24.8 Å². The number of benzene rings is 1. The van der Waals surface area contributed by atoms with E-state index in [0.717, 1.165) is 18.7 Å². The minimum atomic E-state index is -0.560. The van der Waals surface area contributed by atoms with Gasteiger partial charge in [0.15, 0.2) is 0 Å². The van der Waals surface area contributed by atoms with Crippen molar-refractivity contribution in [2.75, 3.05) is 12.3 Å². The number of halogens is 2. The number of rotatable bonds is 7. The second-order valence-electron chi connectivity index (χ2n) is 6.95. The van der Waals surface area contributed by atoms with Crippen molar-refractivity contribution >= 4 is 42.5 Å². The summed E-state index contributed by atoms with van der Waals surface area (Å²) in [6, 6.07) is 9.66. The predicted molar refractivity (Wildman–Crippen MR) is 117 cm³/mol. The molecule has 8 heteroatoms. The first-order valence-electron chi connectivity index (χ1n) is 8.76. The van der Waals surface area contributed by atoms with E-state index in [4.69, 9.17) is 5.73 Å². The van der Waals surface area contributed by atoms with Crippen LogP contribution in [0.15, 0.2) is 42.9 Å². The van der Waals surface area contributed by atoms with Crippen LogP contribution in [0.25, 0.3) is 0 Å². The fourth-order valence-corrected chi connectivity index (χ4v) is 4.34. The molecule has 27 heavy (non-hydrogen) atoms. The van der Waals surface area contributed by atoms with Crippen LogP contribution in [-0.2, 0) is 17.8 Å². The van der Waals surface area contributed by atoms with Gasteiger partial charge < -0.3 is 15.6 Å². The van der Waals surface area contributed by atoms with Gasteiger partial charge in [-0.3, -0.25) is 4.79 Å².